The average Bonchev–Trinajstić information content (AvgIpc) is 3.60. The van der Waals surface area contributed by atoms with E-state index in [1.807, 2.05) is 18.2 Å². The number of esters is 1. The number of carbonyl (C=O) groups is 2. The van der Waals surface area contributed by atoms with Crippen LogP contribution in [-0.4, -0.2) is 35.8 Å². The normalized spacial score (nSPS) is 17.5. The number of carboxylic acids is 1. The molecule has 0 amide bonds. The van der Waals surface area contributed by atoms with Crippen molar-refractivity contribution in [2.45, 2.75) is 57.4 Å². The minimum Gasteiger partial charge on any atom is -0.497 e. The maximum absolute atomic E-state index is 12.7. The third-order valence-electron chi connectivity index (χ3n) is 7.66. The molecule has 2 aliphatic rings. The number of carbonyl (C=O) groups excluding carboxylic acids is 1. The summed E-state index contributed by atoms with van der Waals surface area (Å²) >= 11 is 0. The molecule has 2 aliphatic carbocycles. The monoisotopic (exact) mass is 461 g/mol. The third kappa shape index (κ3) is 3.85. The third-order valence-corrected chi connectivity index (χ3v) is 7.66. The van der Waals surface area contributed by atoms with E-state index < -0.39 is 11.4 Å². The number of hydrogen-bond donors (Lipinski definition) is 1. The highest BCUT2D eigenvalue weighted by Crippen LogP contribution is 2.51. The first kappa shape index (κ1) is 22.5. The molecule has 0 saturated heterocycles. The highest BCUT2D eigenvalue weighted by Gasteiger charge is 2.52. The van der Waals surface area contributed by atoms with E-state index >= 15 is 0 Å². The fourth-order valence-corrected chi connectivity index (χ4v) is 5.63. The van der Waals surface area contributed by atoms with Crippen molar-refractivity contribution < 1.29 is 24.2 Å². The molecule has 2 fully saturated rings. The van der Waals surface area contributed by atoms with Crippen molar-refractivity contribution in [3.63, 3.8) is 0 Å². The molecule has 0 bridgehead atoms. The molecule has 6 heteroatoms. The van der Waals surface area contributed by atoms with Crippen molar-refractivity contribution in [2.24, 2.45) is 5.41 Å². The van der Waals surface area contributed by atoms with Gasteiger partial charge in [-0.05, 0) is 79.1 Å². The summed E-state index contributed by atoms with van der Waals surface area (Å²) in [7, 11) is 3.09. The largest absolute Gasteiger partial charge is 0.497 e. The summed E-state index contributed by atoms with van der Waals surface area (Å²) in [6.45, 7) is 0.479. The van der Waals surface area contributed by atoms with Gasteiger partial charge in [0.25, 0.3) is 0 Å². The number of aromatic carboxylic acids is 1. The lowest BCUT2D eigenvalue weighted by molar-refractivity contribution is -0.147. The van der Waals surface area contributed by atoms with Crippen LogP contribution in [0.4, 0.5) is 0 Å². The van der Waals surface area contributed by atoms with E-state index in [1.54, 1.807) is 19.2 Å². The van der Waals surface area contributed by atoms with E-state index in [2.05, 4.69) is 16.7 Å². The Bertz CT molecular complexity index is 1230. The van der Waals surface area contributed by atoms with Crippen LogP contribution in [-0.2, 0) is 16.1 Å². The SMILES string of the molecule is COC(=O)C1(Cn2c(-c3ccc(OC)cc3)c(C3CCCCC3)c3ccc(C(=O)O)cc32)CC1. The number of benzene rings is 2. The molecule has 0 radical (unpaired) electrons. The van der Waals surface area contributed by atoms with Crippen LogP contribution in [0.5, 0.6) is 5.75 Å². The molecule has 0 aliphatic heterocycles. The number of aromatic nitrogens is 1. The maximum atomic E-state index is 12.7. The quantitative estimate of drug-likeness (QED) is 0.436. The number of nitrogens with zero attached hydrogens (tertiary/aromatic N) is 1. The predicted octanol–water partition coefficient (Wildman–Crippen LogP) is 6.02. The van der Waals surface area contributed by atoms with Gasteiger partial charge in [-0.25, -0.2) is 4.79 Å². The number of methoxy groups -OCH3 is 2. The smallest absolute Gasteiger partial charge is 0.335 e. The summed E-state index contributed by atoms with van der Waals surface area (Å²) in [4.78, 5) is 24.5. The summed E-state index contributed by atoms with van der Waals surface area (Å²) in [5.74, 6) is 0.0446. The van der Waals surface area contributed by atoms with Gasteiger partial charge in [0.2, 0.25) is 0 Å². The molecule has 1 heterocycles. The van der Waals surface area contributed by atoms with Crippen LogP contribution in [0.1, 0.15) is 66.8 Å². The Morgan fingerprint density at radius 1 is 1.03 bits per heavy atom. The lowest BCUT2D eigenvalue weighted by atomic mass is 9.81. The van der Waals surface area contributed by atoms with Crippen LogP contribution in [0.25, 0.3) is 22.2 Å². The fourth-order valence-electron chi connectivity index (χ4n) is 5.63. The number of carboxylic acid groups (broad SMARTS) is 1. The predicted molar refractivity (Wildman–Crippen MR) is 130 cm³/mol. The molecule has 1 aromatic heterocycles. The van der Waals surface area contributed by atoms with Gasteiger partial charge >= 0.3 is 11.9 Å². The molecule has 0 unspecified atom stereocenters. The highest BCUT2D eigenvalue weighted by molar-refractivity contribution is 5.98. The number of fused-ring (bicyclic) bond motifs is 1. The minimum atomic E-state index is -0.950. The van der Waals surface area contributed by atoms with Crippen LogP contribution < -0.4 is 4.74 Å². The molecule has 6 nitrogen and oxygen atoms in total. The molecule has 2 saturated carbocycles. The fraction of sp³-hybridized carbons (Fsp3) is 0.429. The van der Waals surface area contributed by atoms with E-state index in [0.29, 0.717) is 12.5 Å². The van der Waals surface area contributed by atoms with Crippen molar-refractivity contribution in [3.8, 4) is 17.0 Å². The maximum Gasteiger partial charge on any atom is 0.335 e. The second kappa shape index (κ2) is 8.82. The molecule has 2 aromatic carbocycles. The average molecular weight is 462 g/mol. The van der Waals surface area contributed by atoms with E-state index in [1.165, 1.54) is 31.9 Å². The van der Waals surface area contributed by atoms with Crippen LogP contribution in [0, 0.1) is 5.41 Å². The van der Waals surface area contributed by atoms with Crippen molar-refractivity contribution in [2.75, 3.05) is 14.2 Å². The summed E-state index contributed by atoms with van der Waals surface area (Å²) in [6.07, 6.45) is 7.42. The van der Waals surface area contributed by atoms with E-state index in [0.717, 1.165) is 53.6 Å². The van der Waals surface area contributed by atoms with Gasteiger partial charge in [-0.15, -0.1) is 0 Å². The lowest BCUT2D eigenvalue weighted by Crippen LogP contribution is -2.24. The zero-order valence-corrected chi connectivity index (χ0v) is 19.8. The Morgan fingerprint density at radius 3 is 2.32 bits per heavy atom. The first-order chi connectivity index (χ1) is 16.5. The Hall–Kier alpha value is -3.28. The zero-order valence-electron chi connectivity index (χ0n) is 19.8. The van der Waals surface area contributed by atoms with Gasteiger partial charge in [-0.1, -0.05) is 25.3 Å². The Morgan fingerprint density at radius 2 is 1.74 bits per heavy atom. The number of ether oxygens (including phenoxy) is 2. The summed E-state index contributed by atoms with van der Waals surface area (Å²) in [6, 6.07) is 13.5. The molecule has 1 N–H and O–H groups in total. The van der Waals surface area contributed by atoms with Crippen molar-refractivity contribution in [3.05, 3.63) is 53.6 Å². The van der Waals surface area contributed by atoms with Gasteiger partial charge in [0.1, 0.15) is 5.75 Å². The Balaban J connectivity index is 1.78. The summed E-state index contributed by atoms with van der Waals surface area (Å²) in [5, 5.41) is 10.8. The Labute approximate surface area is 199 Å². The molecule has 34 heavy (non-hydrogen) atoms. The molecule has 0 atom stereocenters. The summed E-state index contributed by atoms with van der Waals surface area (Å²) in [5.41, 5.74) is 3.99. The number of hydrogen-bond acceptors (Lipinski definition) is 4. The zero-order chi connectivity index (χ0) is 23.9. The van der Waals surface area contributed by atoms with Crippen molar-refractivity contribution in [1.82, 2.24) is 4.57 Å². The van der Waals surface area contributed by atoms with Gasteiger partial charge < -0.3 is 19.1 Å². The first-order valence-electron chi connectivity index (χ1n) is 12.1. The van der Waals surface area contributed by atoms with Gasteiger partial charge in [-0.3, -0.25) is 4.79 Å². The molecular formula is C28H31NO5. The van der Waals surface area contributed by atoms with Crippen LogP contribution in [0.15, 0.2) is 42.5 Å². The number of rotatable bonds is 7. The molecule has 178 valence electrons. The van der Waals surface area contributed by atoms with Crippen molar-refractivity contribution >= 4 is 22.8 Å². The van der Waals surface area contributed by atoms with Crippen LogP contribution in [0.3, 0.4) is 0 Å². The van der Waals surface area contributed by atoms with Crippen molar-refractivity contribution in [1.29, 1.82) is 0 Å². The second-order valence-corrected chi connectivity index (χ2v) is 9.72. The minimum absolute atomic E-state index is 0.191. The topological polar surface area (TPSA) is 77.8 Å². The van der Waals surface area contributed by atoms with E-state index in [-0.39, 0.29) is 11.5 Å². The van der Waals surface area contributed by atoms with Crippen LogP contribution >= 0.6 is 0 Å². The van der Waals surface area contributed by atoms with Gasteiger partial charge in [-0.2, -0.15) is 0 Å². The highest BCUT2D eigenvalue weighted by atomic mass is 16.5. The van der Waals surface area contributed by atoms with E-state index in [4.69, 9.17) is 9.47 Å². The summed E-state index contributed by atoms with van der Waals surface area (Å²) < 4.78 is 12.7. The molecule has 3 aromatic rings. The first-order valence-corrected chi connectivity index (χ1v) is 12.1. The molecule has 0 spiro atoms. The van der Waals surface area contributed by atoms with E-state index in [9.17, 15) is 14.7 Å². The lowest BCUT2D eigenvalue weighted by Gasteiger charge is -2.24. The molecular weight excluding hydrogens is 430 g/mol. The van der Waals surface area contributed by atoms with Gasteiger partial charge in [0.05, 0.1) is 30.9 Å². The van der Waals surface area contributed by atoms with Gasteiger partial charge in [0, 0.05) is 17.4 Å². The second-order valence-electron chi connectivity index (χ2n) is 9.72. The Kier molecular flexibility index (Phi) is 5.84. The standard InChI is InChI=1S/C28H31NO5/c1-33-21-11-8-19(9-12-21)25-24(18-6-4-3-5-7-18)22-13-10-20(26(30)31)16-23(22)29(25)17-28(14-15-28)27(32)34-2/h8-13,16,18H,3-7,14-15,17H2,1-2H3,(H,30,31). The molecule has 5 rings (SSSR count). The van der Waals surface area contributed by atoms with Crippen LogP contribution in [0.2, 0.25) is 0 Å². The van der Waals surface area contributed by atoms with Gasteiger partial charge in [0.15, 0.2) is 0 Å².